The predicted octanol–water partition coefficient (Wildman–Crippen LogP) is 3.41. The Bertz CT molecular complexity index is 565. The van der Waals surface area contributed by atoms with E-state index in [1.165, 1.54) is 6.07 Å². The third-order valence-electron chi connectivity index (χ3n) is 2.41. The number of carboxylic acids is 1. The summed E-state index contributed by atoms with van der Waals surface area (Å²) in [5.41, 5.74) is 6.41. The van der Waals surface area contributed by atoms with Crippen molar-refractivity contribution in [2.24, 2.45) is 0 Å². The number of nitrogen functional groups attached to an aromatic ring is 1. The Kier molecular flexibility index (Phi) is 3.62. The highest BCUT2D eigenvalue weighted by atomic mass is 32.2. The molecular formula is C13H13NO3S. The van der Waals surface area contributed by atoms with E-state index in [2.05, 4.69) is 0 Å². The van der Waals surface area contributed by atoms with E-state index in [9.17, 15) is 4.79 Å². The largest absolute Gasteiger partial charge is 0.475 e. The molecule has 0 radical (unpaired) electrons. The van der Waals surface area contributed by atoms with E-state index in [-0.39, 0.29) is 11.0 Å². The van der Waals surface area contributed by atoms with Crippen molar-refractivity contribution in [2.75, 3.05) is 5.73 Å². The fraction of sp³-hybridized carbons (Fsp3) is 0.154. The van der Waals surface area contributed by atoms with Gasteiger partial charge in [0.2, 0.25) is 5.76 Å². The molecule has 1 aromatic heterocycles. The summed E-state index contributed by atoms with van der Waals surface area (Å²) < 4.78 is 5.26. The Balaban J connectivity index is 2.11. The molecule has 18 heavy (non-hydrogen) atoms. The molecule has 0 bridgehead atoms. The topological polar surface area (TPSA) is 76.5 Å². The maximum Gasteiger partial charge on any atom is 0.371 e. The van der Waals surface area contributed by atoms with Gasteiger partial charge in [0.15, 0.2) is 0 Å². The molecule has 0 aliphatic rings. The Morgan fingerprint density at radius 1 is 1.39 bits per heavy atom. The van der Waals surface area contributed by atoms with Gasteiger partial charge in [-0.25, -0.2) is 4.79 Å². The van der Waals surface area contributed by atoms with Gasteiger partial charge in [0, 0.05) is 10.6 Å². The van der Waals surface area contributed by atoms with Crippen LogP contribution in [0.3, 0.4) is 0 Å². The monoisotopic (exact) mass is 263 g/mol. The lowest BCUT2D eigenvalue weighted by Gasteiger charge is -2.08. The highest BCUT2D eigenvalue weighted by Crippen LogP contribution is 2.36. The third kappa shape index (κ3) is 2.87. The smallest absolute Gasteiger partial charge is 0.371 e. The van der Waals surface area contributed by atoms with Crippen LogP contribution in [0.25, 0.3) is 0 Å². The summed E-state index contributed by atoms with van der Waals surface area (Å²) >= 11 is 1.57. The first kappa shape index (κ1) is 12.6. The van der Waals surface area contributed by atoms with Crippen LogP contribution in [-0.4, -0.2) is 11.1 Å². The van der Waals surface area contributed by atoms with Crippen molar-refractivity contribution in [3.63, 3.8) is 0 Å². The van der Waals surface area contributed by atoms with Gasteiger partial charge in [-0.05, 0) is 37.3 Å². The van der Waals surface area contributed by atoms with Crippen LogP contribution in [0.1, 0.15) is 28.5 Å². The second kappa shape index (κ2) is 5.18. The lowest BCUT2D eigenvalue weighted by atomic mass is 10.3. The summed E-state index contributed by atoms with van der Waals surface area (Å²) in [5, 5.41) is 8.82. The number of hydrogen-bond acceptors (Lipinski definition) is 4. The van der Waals surface area contributed by atoms with E-state index in [1.54, 1.807) is 17.8 Å². The normalized spacial score (nSPS) is 12.3. The lowest BCUT2D eigenvalue weighted by Crippen LogP contribution is -1.92. The lowest BCUT2D eigenvalue weighted by molar-refractivity contribution is 0.0660. The number of carbonyl (C=O) groups is 1. The molecule has 1 aromatic carbocycles. The highest BCUT2D eigenvalue weighted by molar-refractivity contribution is 7.99. The molecule has 0 spiro atoms. The standard InChI is InChI=1S/C13H13NO3S/c1-8(11-5-6-12(17-11)13(15)16)18-10-4-2-3-9(14)7-10/h2-8H,14H2,1H3,(H,15,16). The van der Waals surface area contributed by atoms with Gasteiger partial charge in [0.1, 0.15) is 5.76 Å². The molecule has 94 valence electrons. The Morgan fingerprint density at radius 2 is 2.17 bits per heavy atom. The molecule has 0 fully saturated rings. The molecular weight excluding hydrogens is 250 g/mol. The number of hydrogen-bond donors (Lipinski definition) is 2. The summed E-state index contributed by atoms with van der Waals surface area (Å²) in [6.07, 6.45) is 0. The number of furan rings is 1. The first-order valence-corrected chi connectivity index (χ1v) is 6.29. The third-order valence-corrected chi connectivity index (χ3v) is 3.52. The Hall–Kier alpha value is -1.88. The zero-order valence-electron chi connectivity index (χ0n) is 9.79. The molecule has 1 unspecified atom stereocenters. The highest BCUT2D eigenvalue weighted by Gasteiger charge is 2.15. The minimum absolute atomic E-state index is 0.0277. The van der Waals surface area contributed by atoms with E-state index in [0.29, 0.717) is 11.4 Å². The predicted molar refractivity (Wildman–Crippen MR) is 70.8 cm³/mol. The Labute approximate surface area is 109 Å². The zero-order valence-corrected chi connectivity index (χ0v) is 10.6. The number of aromatic carboxylic acids is 1. The van der Waals surface area contributed by atoms with E-state index in [0.717, 1.165) is 4.90 Å². The van der Waals surface area contributed by atoms with Gasteiger partial charge >= 0.3 is 5.97 Å². The van der Waals surface area contributed by atoms with Gasteiger partial charge in [0.25, 0.3) is 0 Å². The number of carboxylic acid groups (broad SMARTS) is 1. The molecule has 3 N–H and O–H groups in total. The summed E-state index contributed by atoms with van der Waals surface area (Å²) in [4.78, 5) is 11.7. The fourth-order valence-electron chi connectivity index (χ4n) is 1.54. The maximum atomic E-state index is 10.7. The first-order chi connectivity index (χ1) is 8.56. The van der Waals surface area contributed by atoms with Crippen LogP contribution in [0.4, 0.5) is 5.69 Å². The summed E-state index contributed by atoms with van der Waals surface area (Å²) in [5.74, 6) is -0.452. The number of rotatable bonds is 4. The van der Waals surface area contributed by atoms with Crippen LogP contribution in [-0.2, 0) is 0 Å². The van der Waals surface area contributed by atoms with Crippen LogP contribution in [0.2, 0.25) is 0 Å². The van der Waals surface area contributed by atoms with Gasteiger partial charge in [0.05, 0.1) is 5.25 Å². The maximum absolute atomic E-state index is 10.7. The molecule has 2 rings (SSSR count). The van der Waals surface area contributed by atoms with Crippen LogP contribution in [0.5, 0.6) is 0 Å². The van der Waals surface area contributed by atoms with Gasteiger partial charge in [-0.15, -0.1) is 11.8 Å². The fourth-order valence-corrected chi connectivity index (χ4v) is 2.55. The number of thioether (sulfide) groups is 1. The van der Waals surface area contributed by atoms with Crippen molar-refractivity contribution < 1.29 is 14.3 Å². The van der Waals surface area contributed by atoms with E-state index < -0.39 is 5.97 Å². The minimum atomic E-state index is -1.05. The van der Waals surface area contributed by atoms with Gasteiger partial charge in [-0.3, -0.25) is 0 Å². The van der Waals surface area contributed by atoms with Crippen molar-refractivity contribution in [2.45, 2.75) is 17.1 Å². The van der Waals surface area contributed by atoms with Gasteiger partial charge in [-0.2, -0.15) is 0 Å². The molecule has 0 saturated carbocycles. The van der Waals surface area contributed by atoms with Crippen LogP contribution < -0.4 is 5.73 Å². The summed E-state index contributed by atoms with van der Waals surface area (Å²) in [7, 11) is 0. The van der Waals surface area contributed by atoms with Crippen molar-refractivity contribution in [3.05, 3.63) is 47.9 Å². The first-order valence-electron chi connectivity index (χ1n) is 5.41. The second-order valence-electron chi connectivity index (χ2n) is 3.84. The van der Waals surface area contributed by atoms with Crippen LogP contribution in [0, 0.1) is 0 Å². The van der Waals surface area contributed by atoms with Crippen LogP contribution in [0.15, 0.2) is 45.7 Å². The molecule has 0 amide bonds. The van der Waals surface area contributed by atoms with E-state index >= 15 is 0 Å². The van der Waals surface area contributed by atoms with Gasteiger partial charge < -0.3 is 15.3 Å². The SMILES string of the molecule is CC(Sc1cccc(N)c1)c1ccc(C(=O)O)o1. The van der Waals surface area contributed by atoms with Crippen molar-refractivity contribution in [1.82, 2.24) is 0 Å². The zero-order chi connectivity index (χ0) is 13.1. The minimum Gasteiger partial charge on any atom is -0.475 e. The summed E-state index contributed by atoms with van der Waals surface area (Å²) in [6, 6.07) is 10.7. The van der Waals surface area contributed by atoms with Crippen molar-refractivity contribution >= 4 is 23.4 Å². The van der Waals surface area contributed by atoms with Crippen molar-refractivity contribution in [1.29, 1.82) is 0 Å². The molecule has 0 aliphatic heterocycles. The molecule has 1 atom stereocenters. The molecule has 0 aliphatic carbocycles. The Morgan fingerprint density at radius 3 is 2.78 bits per heavy atom. The van der Waals surface area contributed by atoms with Gasteiger partial charge in [-0.1, -0.05) is 6.07 Å². The molecule has 1 heterocycles. The number of anilines is 1. The molecule has 4 nitrogen and oxygen atoms in total. The number of nitrogens with two attached hydrogens (primary N) is 1. The number of benzene rings is 1. The summed E-state index contributed by atoms with van der Waals surface area (Å²) in [6.45, 7) is 1.96. The quantitative estimate of drug-likeness (QED) is 0.653. The molecule has 0 saturated heterocycles. The van der Waals surface area contributed by atoms with E-state index in [4.69, 9.17) is 15.3 Å². The van der Waals surface area contributed by atoms with Crippen molar-refractivity contribution in [3.8, 4) is 0 Å². The average molecular weight is 263 g/mol. The molecule has 2 aromatic rings. The molecule has 5 heteroatoms. The van der Waals surface area contributed by atoms with Crippen LogP contribution >= 0.6 is 11.8 Å². The second-order valence-corrected chi connectivity index (χ2v) is 5.25. The van der Waals surface area contributed by atoms with E-state index in [1.807, 2.05) is 31.2 Å². The average Bonchev–Trinajstić information content (AvgIpc) is 2.78.